The third kappa shape index (κ3) is 4.99. The lowest BCUT2D eigenvalue weighted by molar-refractivity contribution is -0.159. The summed E-state index contributed by atoms with van der Waals surface area (Å²) in [6.45, 7) is 4.13. The van der Waals surface area contributed by atoms with E-state index in [4.69, 9.17) is 4.74 Å². The molecule has 0 fully saturated rings. The van der Waals surface area contributed by atoms with Crippen LogP contribution in [0.4, 0.5) is 17.6 Å². The summed E-state index contributed by atoms with van der Waals surface area (Å²) in [6.07, 6.45) is -4.79. The Bertz CT molecular complexity index is 744. The maximum absolute atomic E-state index is 14.1. The number of nitrogens with one attached hydrogen (secondary N) is 1. The number of alkyl halides is 3. The Kier molecular flexibility index (Phi) is 5.73. The minimum Gasteiger partial charge on any atom is -0.377 e. The normalized spacial score (nSPS) is 11.8. The standard InChI is InChI=1S/C15H15F4N3O3/c1-8(2)24-6-5-20-13(23)10-4-3-9(7-11(10)16)12-21-14(25-22-12)15(17,18)19/h3-4,7-8H,5-6H2,1-2H3,(H,20,23). The lowest BCUT2D eigenvalue weighted by Crippen LogP contribution is -2.28. The van der Waals surface area contributed by atoms with E-state index in [9.17, 15) is 22.4 Å². The predicted octanol–water partition coefficient (Wildman–Crippen LogP) is 3.05. The Morgan fingerprint density at radius 1 is 1.36 bits per heavy atom. The molecule has 2 aromatic rings. The number of carbonyl (C=O) groups excluding carboxylic acids is 1. The van der Waals surface area contributed by atoms with Crippen LogP contribution in [0.25, 0.3) is 11.4 Å². The molecular weight excluding hydrogens is 346 g/mol. The molecule has 0 radical (unpaired) electrons. The third-order valence-electron chi connectivity index (χ3n) is 2.98. The van der Waals surface area contributed by atoms with Crippen LogP contribution >= 0.6 is 0 Å². The first-order valence-corrected chi connectivity index (χ1v) is 7.29. The summed E-state index contributed by atoms with van der Waals surface area (Å²) in [7, 11) is 0. The molecule has 0 saturated carbocycles. The molecular formula is C15H15F4N3O3. The Labute approximate surface area is 140 Å². The van der Waals surface area contributed by atoms with Crippen LogP contribution in [0, 0.1) is 5.82 Å². The summed E-state index contributed by atoms with van der Waals surface area (Å²) < 4.78 is 60.7. The van der Waals surface area contributed by atoms with E-state index < -0.39 is 29.6 Å². The highest BCUT2D eigenvalue weighted by atomic mass is 19.4. The van der Waals surface area contributed by atoms with E-state index in [0.717, 1.165) is 12.1 Å². The van der Waals surface area contributed by atoms with Crippen molar-refractivity contribution < 1.29 is 31.6 Å². The van der Waals surface area contributed by atoms with E-state index in [1.54, 1.807) is 0 Å². The minimum absolute atomic E-state index is 0.00414. The minimum atomic E-state index is -4.79. The van der Waals surface area contributed by atoms with Crippen LogP contribution in [-0.2, 0) is 10.9 Å². The van der Waals surface area contributed by atoms with Crippen molar-refractivity contribution in [3.05, 3.63) is 35.5 Å². The SMILES string of the molecule is CC(C)OCCNC(=O)c1ccc(-c2noc(C(F)(F)F)n2)cc1F. The summed E-state index contributed by atoms with van der Waals surface area (Å²) in [5.74, 6) is -3.54. The van der Waals surface area contributed by atoms with Crippen molar-refractivity contribution in [1.29, 1.82) is 0 Å². The number of aromatic nitrogens is 2. The van der Waals surface area contributed by atoms with Crippen molar-refractivity contribution in [2.45, 2.75) is 26.1 Å². The van der Waals surface area contributed by atoms with Gasteiger partial charge in [0, 0.05) is 12.1 Å². The lowest BCUT2D eigenvalue weighted by Gasteiger charge is -2.09. The molecule has 0 atom stereocenters. The number of halogens is 4. The second kappa shape index (κ2) is 7.60. The molecule has 1 aromatic heterocycles. The Balaban J connectivity index is 2.07. The van der Waals surface area contributed by atoms with E-state index in [1.807, 2.05) is 13.8 Å². The van der Waals surface area contributed by atoms with Crippen LogP contribution in [0.2, 0.25) is 0 Å². The fraction of sp³-hybridized carbons (Fsp3) is 0.400. The fourth-order valence-electron chi connectivity index (χ4n) is 1.85. The second-order valence-electron chi connectivity index (χ2n) is 5.29. The maximum atomic E-state index is 14.1. The first kappa shape index (κ1) is 18.8. The second-order valence-corrected chi connectivity index (χ2v) is 5.29. The number of ether oxygens (including phenoxy) is 1. The Hall–Kier alpha value is -2.49. The van der Waals surface area contributed by atoms with E-state index in [-0.39, 0.29) is 30.4 Å². The molecule has 0 aliphatic heterocycles. The third-order valence-corrected chi connectivity index (χ3v) is 2.98. The van der Waals surface area contributed by atoms with Gasteiger partial charge in [-0.1, -0.05) is 11.2 Å². The Morgan fingerprint density at radius 2 is 2.08 bits per heavy atom. The molecule has 25 heavy (non-hydrogen) atoms. The summed E-state index contributed by atoms with van der Waals surface area (Å²) in [6, 6.07) is 3.23. The smallest absolute Gasteiger partial charge is 0.377 e. The summed E-state index contributed by atoms with van der Waals surface area (Å²) in [5, 5.41) is 5.63. The monoisotopic (exact) mass is 361 g/mol. The van der Waals surface area contributed by atoms with Gasteiger partial charge in [-0.2, -0.15) is 18.2 Å². The topological polar surface area (TPSA) is 77.2 Å². The van der Waals surface area contributed by atoms with Gasteiger partial charge in [-0.15, -0.1) is 0 Å². The van der Waals surface area contributed by atoms with Crippen molar-refractivity contribution >= 4 is 5.91 Å². The molecule has 6 nitrogen and oxygen atoms in total. The molecule has 1 heterocycles. The lowest BCUT2D eigenvalue weighted by atomic mass is 10.1. The quantitative estimate of drug-likeness (QED) is 0.632. The molecule has 0 spiro atoms. The summed E-state index contributed by atoms with van der Waals surface area (Å²) in [5.41, 5.74) is -0.302. The van der Waals surface area contributed by atoms with Crippen LogP contribution in [0.1, 0.15) is 30.1 Å². The van der Waals surface area contributed by atoms with Crippen molar-refractivity contribution in [2.75, 3.05) is 13.2 Å². The van der Waals surface area contributed by atoms with E-state index in [2.05, 4.69) is 20.0 Å². The summed E-state index contributed by atoms with van der Waals surface area (Å²) >= 11 is 0. The number of hydrogen-bond donors (Lipinski definition) is 1. The van der Waals surface area contributed by atoms with Crippen LogP contribution in [0.5, 0.6) is 0 Å². The number of nitrogens with zero attached hydrogens (tertiary/aromatic N) is 2. The zero-order chi connectivity index (χ0) is 18.6. The summed E-state index contributed by atoms with van der Waals surface area (Å²) in [4.78, 5) is 15.0. The molecule has 0 aliphatic rings. The molecule has 1 N–H and O–H groups in total. The van der Waals surface area contributed by atoms with E-state index >= 15 is 0 Å². The van der Waals surface area contributed by atoms with Crippen molar-refractivity contribution in [2.24, 2.45) is 0 Å². The molecule has 0 aliphatic carbocycles. The van der Waals surface area contributed by atoms with Crippen molar-refractivity contribution in [3.8, 4) is 11.4 Å². The highest BCUT2D eigenvalue weighted by molar-refractivity contribution is 5.94. The van der Waals surface area contributed by atoms with E-state index in [0.29, 0.717) is 0 Å². The van der Waals surface area contributed by atoms with Crippen molar-refractivity contribution in [1.82, 2.24) is 15.5 Å². The fourth-order valence-corrected chi connectivity index (χ4v) is 1.85. The number of benzene rings is 1. The average molecular weight is 361 g/mol. The highest BCUT2D eigenvalue weighted by Gasteiger charge is 2.38. The van der Waals surface area contributed by atoms with Gasteiger partial charge in [0.1, 0.15) is 5.82 Å². The van der Waals surface area contributed by atoms with Crippen LogP contribution in [0.3, 0.4) is 0 Å². The van der Waals surface area contributed by atoms with Gasteiger partial charge in [0.2, 0.25) is 5.82 Å². The van der Waals surface area contributed by atoms with Crippen LogP contribution < -0.4 is 5.32 Å². The number of amides is 1. The zero-order valence-electron chi connectivity index (χ0n) is 13.4. The highest BCUT2D eigenvalue weighted by Crippen LogP contribution is 2.29. The predicted molar refractivity (Wildman–Crippen MR) is 78.1 cm³/mol. The van der Waals surface area contributed by atoms with Gasteiger partial charge >= 0.3 is 12.1 Å². The first-order chi connectivity index (χ1) is 11.7. The average Bonchev–Trinajstić information content (AvgIpc) is 3.01. The van der Waals surface area contributed by atoms with Gasteiger partial charge in [-0.05, 0) is 26.0 Å². The molecule has 136 valence electrons. The van der Waals surface area contributed by atoms with E-state index in [1.165, 1.54) is 6.07 Å². The molecule has 0 saturated heterocycles. The van der Waals surface area contributed by atoms with Gasteiger partial charge in [-0.3, -0.25) is 4.79 Å². The van der Waals surface area contributed by atoms with Gasteiger partial charge in [0.25, 0.3) is 5.91 Å². The van der Waals surface area contributed by atoms with Gasteiger partial charge in [0.05, 0.1) is 18.3 Å². The molecule has 1 aromatic carbocycles. The molecule has 2 rings (SSSR count). The largest absolute Gasteiger partial charge is 0.471 e. The van der Waals surface area contributed by atoms with Crippen LogP contribution in [-0.4, -0.2) is 35.3 Å². The van der Waals surface area contributed by atoms with Crippen molar-refractivity contribution in [3.63, 3.8) is 0 Å². The Morgan fingerprint density at radius 3 is 2.64 bits per heavy atom. The van der Waals surface area contributed by atoms with Crippen LogP contribution in [0.15, 0.2) is 22.7 Å². The maximum Gasteiger partial charge on any atom is 0.471 e. The van der Waals surface area contributed by atoms with Gasteiger partial charge in [0.15, 0.2) is 0 Å². The molecule has 1 amide bonds. The number of carbonyl (C=O) groups is 1. The number of hydrogen-bond acceptors (Lipinski definition) is 5. The molecule has 0 bridgehead atoms. The van der Waals surface area contributed by atoms with Gasteiger partial charge in [-0.25, -0.2) is 4.39 Å². The molecule has 0 unspecified atom stereocenters. The zero-order valence-corrected chi connectivity index (χ0v) is 13.4. The van der Waals surface area contributed by atoms with Gasteiger partial charge < -0.3 is 14.6 Å². The molecule has 10 heteroatoms. The number of rotatable bonds is 6. The first-order valence-electron chi connectivity index (χ1n) is 7.29.